The van der Waals surface area contributed by atoms with Gasteiger partial charge in [-0.1, -0.05) is 24.3 Å². The Labute approximate surface area is 152 Å². The predicted octanol–water partition coefficient (Wildman–Crippen LogP) is 1.10. The van der Waals surface area contributed by atoms with Crippen molar-refractivity contribution in [2.75, 3.05) is 38.3 Å². The second-order valence-electron chi connectivity index (χ2n) is 6.82. The van der Waals surface area contributed by atoms with Crippen molar-refractivity contribution in [2.45, 2.75) is 13.2 Å². The smallest absolute Gasteiger partial charge is 0.408 e. The Morgan fingerprint density at radius 3 is 2.54 bits per heavy atom. The van der Waals surface area contributed by atoms with E-state index >= 15 is 0 Å². The number of nitrogens with one attached hydrogen (secondary N) is 1. The van der Waals surface area contributed by atoms with Gasteiger partial charge in [-0.25, -0.2) is 9.36 Å². The summed E-state index contributed by atoms with van der Waals surface area (Å²) in [7, 11) is 2.09. The Bertz CT molecular complexity index is 923. The molecule has 0 spiro atoms. The number of oxazole rings is 1. The Morgan fingerprint density at radius 1 is 1.04 bits per heavy atom. The molecule has 0 saturated carbocycles. The molecular weight excluding hydrogens is 330 g/mol. The van der Waals surface area contributed by atoms with Gasteiger partial charge >= 0.3 is 5.76 Å². The fourth-order valence-electron chi connectivity index (χ4n) is 3.48. The van der Waals surface area contributed by atoms with Gasteiger partial charge in [0.2, 0.25) is 0 Å². The van der Waals surface area contributed by atoms with Crippen molar-refractivity contribution in [1.29, 1.82) is 0 Å². The van der Waals surface area contributed by atoms with E-state index in [2.05, 4.69) is 36.2 Å². The van der Waals surface area contributed by atoms with Crippen LogP contribution in [0.15, 0.2) is 57.7 Å². The van der Waals surface area contributed by atoms with Crippen LogP contribution in [0.4, 0.5) is 5.69 Å². The molecule has 0 aliphatic carbocycles. The van der Waals surface area contributed by atoms with Crippen LogP contribution < -0.4 is 15.6 Å². The van der Waals surface area contributed by atoms with Crippen LogP contribution in [0.2, 0.25) is 0 Å². The number of fused-ring (bicyclic) bond motifs is 1. The lowest BCUT2D eigenvalue weighted by molar-refractivity contribution is -0.916. The van der Waals surface area contributed by atoms with E-state index in [0.717, 1.165) is 38.4 Å². The molecule has 26 heavy (non-hydrogen) atoms. The van der Waals surface area contributed by atoms with Gasteiger partial charge in [0, 0.05) is 24.3 Å². The van der Waals surface area contributed by atoms with Crippen molar-refractivity contribution < 1.29 is 14.1 Å². The molecule has 1 aliphatic heterocycles. The van der Waals surface area contributed by atoms with Crippen LogP contribution in [0.3, 0.4) is 0 Å². The summed E-state index contributed by atoms with van der Waals surface area (Å²) < 4.78 is 12.4. The van der Waals surface area contributed by atoms with E-state index in [1.165, 1.54) is 16.2 Å². The zero-order chi connectivity index (χ0) is 17.9. The molecule has 1 aliphatic rings. The summed E-state index contributed by atoms with van der Waals surface area (Å²) in [5.41, 5.74) is 3.98. The zero-order valence-corrected chi connectivity index (χ0v) is 15.0. The van der Waals surface area contributed by atoms with Gasteiger partial charge in [-0.15, -0.1) is 0 Å². The fourth-order valence-corrected chi connectivity index (χ4v) is 3.48. The van der Waals surface area contributed by atoms with E-state index in [-0.39, 0.29) is 5.76 Å². The number of anilines is 1. The number of nitrogens with zero attached hydrogens (tertiary/aromatic N) is 2. The number of ether oxygens (including phenoxy) is 1. The van der Waals surface area contributed by atoms with Gasteiger partial charge in [0.25, 0.3) is 0 Å². The molecule has 6 nitrogen and oxygen atoms in total. The van der Waals surface area contributed by atoms with Crippen molar-refractivity contribution >= 4 is 16.8 Å². The highest BCUT2D eigenvalue weighted by Crippen LogP contribution is 2.16. The predicted molar refractivity (Wildman–Crippen MR) is 101 cm³/mol. The van der Waals surface area contributed by atoms with E-state index in [1.54, 1.807) is 4.57 Å². The molecule has 4 rings (SSSR count). The molecule has 3 aromatic rings. The van der Waals surface area contributed by atoms with Gasteiger partial charge in [-0.3, -0.25) is 0 Å². The van der Waals surface area contributed by atoms with E-state index in [1.807, 2.05) is 24.3 Å². The van der Waals surface area contributed by atoms with E-state index in [4.69, 9.17) is 9.15 Å². The van der Waals surface area contributed by atoms with Crippen molar-refractivity contribution in [1.82, 2.24) is 4.57 Å². The monoisotopic (exact) mass is 354 g/mol. The minimum Gasteiger partial charge on any atom is -0.408 e. The third-order valence-electron chi connectivity index (χ3n) is 4.82. The number of benzene rings is 2. The molecule has 1 saturated heterocycles. The summed E-state index contributed by atoms with van der Waals surface area (Å²) in [5.74, 6) is -0.298. The molecule has 1 N–H and O–H groups in total. The third kappa shape index (κ3) is 3.52. The summed E-state index contributed by atoms with van der Waals surface area (Å²) >= 11 is 0. The van der Waals surface area contributed by atoms with Crippen LogP contribution in [-0.2, 0) is 18.0 Å². The molecule has 1 unspecified atom stereocenters. The molecule has 1 fully saturated rings. The molecule has 1 aromatic heterocycles. The minimum absolute atomic E-state index is 0.298. The first-order valence-electron chi connectivity index (χ1n) is 9.02. The first-order chi connectivity index (χ1) is 12.7. The van der Waals surface area contributed by atoms with E-state index in [9.17, 15) is 4.79 Å². The fraction of sp³-hybridized carbons (Fsp3) is 0.350. The normalized spacial score (nSPS) is 16.1. The molecule has 1 atom stereocenters. The molecule has 2 aromatic carbocycles. The van der Waals surface area contributed by atoms with Gasteiger partial charge in [0.15, 0.2) is 12.3 Å². The van der Waals surface area contributed by atoms with Crippen LogP contribution in [0.25, 0.3) is 11.1 Å². The second-order valence-corrected chi connectivity index (χ2v) is 6.82. The van der Waals surface area contributed by atoms with Crippen LogP contribution in [0, 0.1) is 0 Å². The summed E-state index contributed by atoms with van der Waals surface area (Å²) in [5, 5.41) is 0. The lowest BCUT2D eigenvalue weighted by atomic mass is 10.2. The number of rotatable bonds is 5. The average molecular weight is 354 g/mol. The lowest BCUT2D eigenvalue weighted by Crippen LogP contribution is -3.07. The van der Waals surface area contributed by atoms with E-state index < -0.39 is 0 Å². The highest BCUT2D eigenvalue weighted by Gasteiger charge is 2.14. The highest BCUT2D eigenvalue weighted by atomic mass is 16.5. The maximum absolute atomic E-state index is 12.1. The number of hydrogen-bond acceptors (Lipinski definition) is 4. The Hall–Kier alpha value is -2.57. The molecular formula is C20H24N3O3+. The molecule has 6 heteroatoms. The SMILES string of the molecule is C[NH+](Cc1ccc(N2CCOCC2)cc1)Cn1c(=O)oc2ccccc21. The van der Waals surface area contributed by atoms with Gasteiger partial charge in [-0.2, -0.15) is 0 Å². The third-order valence-corrected chi connectivity index (χ3v) is 4.82. The van der Waals surface area contributed by atoms with Crippen molar-refractivity contribution in [3.63, 3.8) is 0 Å². The van der Waals surface area contributed by atoms with Gasteiger partial charge in [-0.05, 0) is 24.3 Å². The number of quaternary nitrogens is 1. The van der Waals surface area contributed by atoms with Crippen molar-refractivity contribution in [3.8, 4) is 0 Å². The Kier molecular flexibility index (Phi) is 4.77. The second kappa shape index (κ2) is 7.35. The quantitative estimate of drug-likeness (QED) is 0.746. The minimum atomic E-state index is -0.298. The van der Waals surface area contributed by atoms with Crippen LogP contribution in [0.5, 0.6) is 0 Å². The van der Waals surface area contributed by atoms with Crippen molar-refractivity contribution in [3.05, 3.63) is 64.6 Å². The van der Waals surface area contributed by atoms with Gasteiger partial charge in [0.05, 0.1) is 25.8 Å². The number of para-hydroxylation sites is 2. The number of aromatic nitrogens is 1. The van der Waals surface area contributed by atoms with Crippen molar-refractivity contribution in [2.24, 2.45) is 0 Å². The van der Waals surface area contributed by atoms with Crippen LogP contribution >= 0.6 is 0 Å². The van der Waals surface area contributed by atoms with Crippen LogP contribution in [0.1, 0.15) is 5.56 Å². The Morgan fingerprint density at radius 2 is 1.77 bits per heavy atom. The number of hydrogen-bond donors (Lipinski definition) is 1. The summed E-state index contributed by atoms with van der Waals surface area (Å²) in [6, 6.07) is 16.2. The summed E-state index contributed by atoms with van der Waals surface area (Å²) in [6.07, 6.45) is 0. The van der Waals surface area contributed by atoms with Gasteiger partial charge in [0.1, 0.15) is 6.54 Å². The maximum atomic E-state index is 12.1. The molecule has 2 heterocycles. The highest BCUT2D eigenvalue weighted by molar-refractivity contribution is 5.72. The first kappa shape index (κ1) is 16.9. The average Bonchev–Trinajstić information content (AvgIpc) is 2.98. The Balaban J connectivity index is 1.43. The van der Waals surface area contributed by atoms with Crippen LogP contribution in [-0.4, -0.2) is 37.9 Å². The first-order valence-corrected chi connectivity index (χ1v) is 9.02. The molecule has 136 valence electrons. The van der Waals surface area contributed by atoms with E-state index in [0.29, 0.717) is 12.3 Å². The molecule has 0 amide bonds. The standard InChI is InChI=1S/C20H23N3O3/c1-21(15-23-18-4-2-3-5-19(18)26-20(23)24)14-16-6-8-17(9-7-16)22-10-12-25-13-11-22/h2-9H,10-15H2,1H3/p+1. The molecule has 0 radical (unpaired) electrons. The zero-order valence-electron chi connectivity index (χ0n) is 15.0. The lowest BCUT2D eigenvalue weighted by Gasteiger charge is -2.29. The maximum Gasteiger partial charge on any atom is 0.424 e. The molecule has 0 bridgehead atoms. The van der Waals surface area contributed by atoms with Gasteiger partial charge < -0.3 is 19.0 Å². The largest absolute Gasteiger partial charge is 0.424 e. The number of morpholine rings is 1. The summed E-state index contributed by atoms with van der Waals surface area (Å²) in [4.78, 5) is 15.7. The topological polar surface area (TPSA) is 52.0 Å². The summed E-state index contributed by atoms with van der Waals surface area (Å²) in [6.45, 7) is 4.89.